The number of hydrogen-bond acceptors (Lipinski definition) is 3. The van der Waals surface area contributed by atoms with E-state index < -0.39 is 29.7 Å². The van der Waals surface area contributed by atoms with Crippen LogP contribution in [0.3, 0.4) is 0 Å². The van der Waals surface area contributed by atoms with Crippen molar-refractivity contribution >= 4 is 5.97 Å². The molecule has 9 heteroatoms. The summed E-state index contributed by atoms with van der Waals surface area (Å²) in [5, 5.41) is 8.15. The van der Waals surface area contributed by atoms with Gasteiger partial charge in [-0.3, -0.25) is 0 Å². The van der Waals surface area contributed by atoms with Gasteiger partial charge in [0.1, 0.15) is 0 Å². The van der Waals surface area contributed by atoms with Crippen LogP contribution in [0.1, 0.15) is 20.8 Å². The van der Waals surface area contributed by atoms with Crippen molar-refractivity contribution in [1.29, 1.82) is 0 Å². The molecule has 1 atom stereocenters. The van der Waals surface area contributed by atoms with Gasteiger partial charge in [0.05, 0.1) is 0 Å². The molecule has 3 nitrogen and oxygen atoms in total. The first-order valence-corrected chi connectivity index (χ1v) is 5.00. The number of allylic oxidation sites excluding steroid dienone is 1. The molecule has 1 unspecified atom stereocenters. The van der Waals surface area contributed by atoms with Crippen molar-refractivity contribution in [3.05, 3.63) is 11.6 Å². The van der Waals surface area contributed by atoms with E-state index in [1.54, 1.807) is 13.8 Å². The van der Waals surface area contributed by atoms with Crippen LogP contribution in [0.2, 0.25) is 0 Å². The van der Waals surface area contributed by atoms with Gasteiger partial charge in [0, 0.05) is 5.57 Å². The summed E-state index contributed by atoms with van der Waals surface area (Å²) in [5.74, 6) is -8.10. The first-order chi connectivity index (χ1) is 8.22. The van der Waals surface area contributed by atoms with Crippen molar-refractivity contribution < 1.29 is 41.0 Å². The van der Waals surface area contributed by atoms with Crippen molar-refractivity contribution in [2.24, 2.45) is 5.92 Å². The van der Waals surface area contributed by atoms with Crippen LogP contribution < -0.4 is 0 Å². The maximum atomic E-state index is 12.8. The third kappa shape index (κ3) is 4.12. The lowest BCUT2D eigenvalue weighted by Gasteiger charge is -2.28. The largest absolute Gasteiger partial charge is 0.471 e. The summed E-state index contributed by atoms with van der Waals surface area (Å²) in [6.07, 6.45) is -10.9. The van der Waals surface area contributed by atoms with Gasteiger partial charge in [0.15, 0.2) is 0 Å². The maximum Gasteiger partial charge on any atom is 0.471 e. The standard InChI is InChI=1S/C10H12F6O3/c1-5(2)4-6(3)7(17)19-10(15,16)8(11,18)9(12,13)14/h4-5,18H,1-3H3. The minimum absolute atomic E-state index is 0.270. The lowest BCUT2D eigenvalue weighted by atomic mass is 10.1. The Kier molecular flexibility index (Phi) is 5.04. The van der Waals surface area contributed by atoms with E-state index in [2.05, 4.69) is 4.74 Å². The zero-order valence-electron chi connectivity index (χ0n) is 10.2. The molecular weight excluding hydrogens is 282 g/mol. The Bertz CT molecular complexity index is 370. The summed E-state index contributed by atoms with van der Waals surface area (Å²) < 4.78 is 77.1. The minimum atomic E-state index is -6.31. The van der Waals surface area contributed by atoms with Gasteiger partial charge in [-0.2, -0.15) is 26.3 Å². The van der Waals surface area contributed by atoms with Crippen LogP contribution in [0.5, 0.6) is 0 Å². The molecule has 0 bridgehead atoms. The molecule has 0 radical (unpaired) electrons. The lowest BCUT2D eigenvalue weighted by molar-refractivity contribution is -0.437. The second kappa shape index (κ2) is 5.40. The van der Waals surface area contributed by atoms with E-state index in [1.165, 1.54) is 0 Å². The molecule has 0 aromatic heterocycles. The molecule has 112 valence electrons. The van der Waals surface area contributed by atoms with Gasteiger partial charge in [0.25, 0.3) is 0 Å². The average molecular weight is 294 g/mol. The lowest BCUT2D eigenvalue weighted by Crippen LogP contribution is -2.57. The number of carbonyl (C=O) groups excluding carboxylic acids is 1. The summed E-state index contributed by atoms with van der Waals surface area (Å²) in [7, 11) is 0. The van der Waals surface area contributed by atoms with Gasteiger partial charge in [0.2, 0.25) is 0 Å². The van der Waals surface area contributed by atoms with Crippen LogP contribution in [-0.4, -0.2) is 29.2 Å². The van der Waals surface area contributed by atoms with Gasteiger partial charge >= 0.3 is 24.1 Å². The van der Waals surface area contributed by atoms with Crippen LogP contribution in [0.15, 0.2) is 11.6 Å². The fourth-order valence-electron chi connectivity index (χ4n) is 0.998. The predicted octanol–water partition coefficient (Wildman–Crippen LogP) is 2.95. The second-order valence-corrected chi connectivity index (χ2v) is 4.12. The molecule has 0 spiro atoms. The monoisotopic (exact) mass is 294 g/mol. The van der Waals surface area contributed by atoms with Crippen molar-refractivity contribution in [2.75, 3.05) is 0 Å². The molecule has 0 saturated heterocycles. The Morgan fingerprint density at radius 2 is 1.58 bits per heavy atom. The highest BCUT2D eigenvalue weighted by Crippen LogP contribution is 2.44. The SMILES string of the molecule is CC(=CC(C)C)C(=O)OC(F)(F)C(O)(F)C(F)(F)F. The summed E-state index contributed by atoms with van der Waals surface area (Å²) >= 11 is 0. The van der Waals surface area contributed by atoms with Crippen LogP contribution in [-0.2, 0) is 9.53 Å². The molecule has 0 rings (SSSR count). The Hall–Kier alpha value is -1.25. The zero-order valence-corrected chi connectivity index (χ0v) is 10.2. The molecule has 0 aliphatic heterocycles. The average Bonchev–Trinajstić information content (AvgIpc) is 2.13. The third-order valence-corrected chi connectivity index (χ3v) is 1.89. The maximum absolute atomic E-state index is 12.8. The molecule has 1 N–H and O–H groups in total. The number of halogens is 6. The van der Waals surface area contributed by atoms with Crippen molar-refractivity contribution in [1.82, 2.24) is 0 Å². The van der Waals surface area contributed by atoms with Crippen molar-refractivity contribution in [2.45, 2.75) is 38.9 Å². The summed E-state index contributed by atoms with van der Waals surface area (Å²) in [5.41, 5.74) is -0.437. The van der Waals surface area contributed by atoms with E-state index >= 15 is 0 Å². The number of aliphatic hydroxyl groups is 1. The molecule has 0 aliphatic carbocycles. The Morgan fingerprint density at radius 1 is 1.16 bits per heavy atom. The van der Waals surface area contributed by atoms with Crippen LogP contribution >= 0.6 is 0 Å². The smallest absolute Gasteiger partial charge is 0.393 e. The molecular formula is C10H12F6O3. The van der Waals surface area contributed by atoms with Crippen LogP contribution in [0.25, 0.3) is 0 Å². The molecule has 0 aromatic carbocycles. The van der Waals surface area contributed by atoms with Gasteiger partial charge in [-0.25, -0.2) is 4.79 Å². The highest BCUT2D eigenvalue weighted by molar-refractivity contribution is 5.88. The number of ether oxygens (including phenoxy) is 1. The summed E-state index contributed by atoms with van der Waals surface area (Å²) in [6.45, 7) is 4.13. The van der Waals surface area contributed by atoms with E-state index in [4.69, 9.17) is 5.11 Å². The number of rotatable bonds is 4. The van der Waals surface area contributed by atoms with Crippen LogP contribution in [0.4, 0.5) is 26.3 Å². The predicted molar refractivity (Wildman–Crippen MR) is 51.7 cm³/mol. The second-order valence-electron chi connectivity index (χ2n) is 4.12. The van der Waals surface area contributed by atoms with Crippen molar-refractivity contribution in [3.63, 3.8) is 0 Å². The Balaban J connectivity index is 5.13. The van der Waals surface area contributed by atoms with E-state index in [0.29, 0.717) is 0 Å². The summed E-state index contributed by atoms with van der Waals surface area (Å²) in [6, 6.07) is 0. The van der Waals surface area contributed by atoms with E-state index in [1.807, 2.05) is 0 Å². The van der Waals surface area contributed by atoms with Gasteiger partial charge in [-0.05, 0) is 12.8 Å². The van der Waals surface area contributed by atoms with Crippen molar-refractivity contribution in [3.8, 4) is 0 Å². The first-order valence-electron chi connectivity index (χ1n) is 5.00. The normalized spacial score (nSPS) is 17.3. The molecule has 19 heavy (non-hydrogen) atoms. The van der Waals surface area contributed by atoms with Crippen LogP contribution in [0, 0.1) is 5.92 Å². The van der Waals surface area contributed by atoms with E-state index in [0.717, 1.165) is 13.0 Å². The minimum Gasteiger partial charge on any atom is -0.393 e. The number of hydrogen-bond donors (Lipinski definition) is 1. The van der Waals surface area contributed by atoms with E-state index in [-0.39, 0.29) is 5.92 Å². The zero-order chi connectivity index (χ0) is 15.6. The first kappa shape index (κ1) is 17.8. The Morgan fingerprint density at radius 3 is 1.89 bits per heavy atom. The highest BCUT2D eigenvalue weighted by atomic mass is 19.4. The summed E-state index contributed by atoms with van der Waals surface area (Å²) in [4.78, 5) is 11.1. The third-order valence-electron chi connectivity index (χ3n) is 1.89. The number of alkyl halides is 6. The highest BCUT2D eigenvalue weighted by Gasteiger charge is 2.74. The molecule has 0 aromatic rings. The number of esters is 1. The van der Waals surface area contributed by atoms with Gasteiger partial charge in [-0.1, -0.05) is 19.9 Å². The topological polar surface area (TPSA) is 46.5 Å². The van der Waals surface area contributed by atoms with Gasteiger partial charge in [-0.15, -0.1) is 0 Å². The Labute approximate surface area is 104 Å². The fraction of sp³-hybridized carbons (Fsp3) is 0.700. The molecule has 0 fully saturated rings. The molecule has 0 saturated carbocycles. The molecule has 0 heterocycles. The molecule has 0 amide bonds. The van der Waals surface area contributed by atoms with E-state index in [9.17, 15) is 31.1 Å². The molecule has 0 aliphatic rings. The van der Waals surface area contributed by atoms with Gasteiger partial charge < -0.3 is 9.84 Å². The number of carbonyl (C=O) groups is 1. The quantitative estimate of drug-likeness (QED) is 0.492. The fourth-order valence-corrected chi connectivity index (χ4v) is 0.998.